The average molecular weight is 462 g/mol. The fourth-order valence-corrected chi connectivity index (χ4v) is 4.29. The van der Waals surface area contributed by atoms with Gasteiger partial charge in [-0.15, -0.1) is 5.10 Å². The molecule has 0 aliphatic carbocycles. The van der Waals surface area contributed by atoms with Gasteiger partial charge in [0.2, 0.25) is 4.96 Å². The van der Waals surface area contributed by atoms with Gasteiger partial charge in [-0.1, -0.05) is 53.3 Å². The van der Waals surface area contributed by atoms with Crippen molar-refractivity contribution in [1.29, 1.82) is 0 Å². The van der Waals surface area contributed by atoms with Crippen LogP contribution in [0, 0.1) is 0 Å². The minimum Gasteiger partial charge on any atom is -0.497 e. The summed E-state index contributed by atoms with van der Waals surface area (Å²) in [5, 5.41) is 4.92. The predicted molar refractivity (Wildman–Crippen MR) is 127 cm³/mol. The standard InChI is InChI=1S/C24H16ClN3O3S/c1-30-16-9-6-15(7-10-16)8-13-22-26-24-28(27-22)23(29)21(32-24)14-17-11-12-20(31-17)18-4-2-3-5-19(18)25/h2-14H,1H3/b13-8+,21-14-. The molecule has 0 saturated heterocycles. The Morgan fingerprint density at radius 1 is 1.06 bits per heavy atom. The van der Waals surface area contributed by atoms with Crippen LogP contribution in [-0.2, 0) is 0 Å². The molecular formula is C24H16ClN3O3S. The van der Waals surface area contributed by atoms with Crippen molar-refractivity contribution in [3.05, 3.63) is 97.7 Å². The Hall–Kier alpha value is -3.68. The molecule has 0 aliphatic rings. The van der Waals surface area contributed by atoms with Crippen LogP contribution in [0.25, 0.3) is 34.5 Å². The van der Waals surface area contributed by atoms with E-state index < -0.39 is 0 Å². The summed E-state index contributed by atoms with van der Waals surface area (Å²) in [6.45, 7) is 0. The van der Waals surface area contributed by atoms with E-state index in [0.29, 0.717) is 31.9 Å². The largest absolute Gasteiger partial charge is 0.497 e. The highest BCUT2D eigenvalue weighted by Crippen LogP contribution is 2.29. The molecule has 32 heavy (non-hydrogen) atoms. The van der Waals surface area contributed by atoms with Crippen molar-refractivity contribution >= 4 is 46.1 Å². The maximum absolute atomic E-state index is 12.8. The third-order valence-electron chi connectivity index (χ3n) is 4.78. The van der Waals surface area contributed by atoms with Gasteiger partial charge in [-0.2, -0.15) is 9.50 Å². The second kappa shape index (κ2) is 8.45. The molecular weight excluding hydrogens is 446 g/mol. The van der Waals surface area contributed by atoms with E-state index in [0.717, 1.165) is 16.9 Å². The fourth-order valence-electron chi connectivity index (χ4n) is 3.17. The van der Waals surface area contributed by atoms with Gasteiger partial charge in [-0.25, -0.2) is 0 Å². The van der Waals surface area contributed by atoms with Gasteiger partial charge < -0.3 is 9.15 Å². The molecule has 158 valence electrons. The van der Waals surface area contributed by atoms with E-state index in [1.165, 1.54) is 15.9 Å². The molecule has 0 amide bonds. The number of nitrogens with zero attached hydrogens (tertiary/aromatic N) is 3. The van der Waals surface area contributed by atoms with Crippen molar-refractivity contribution in [2.24, 2.45) is 0 Å². The maximum Gasteiger partial charge on any atom is 0.291 e. The summed E-state index contributed by atoms with van der Waals surface area (Å²) in [7, 11) is 1.63. The predicted octanol–water partition coefficient (Wildman–Crippen LogP) is 4.79. The van der Waals surface area contributed by atoms with Crippen molar-refractivity contribution in [3.63, 3.8) is 0 Å². The monoisotopic (exact) mass is 461 g/mol. The van der Waals surface area contributed by atoms with Crippen LogP contribution in [0.5, 0.6) is 5.75 Å². The van der Waals surface area contributed by atoms with Gasteiger partial charge in [0.25, 0.3) is 5.56 Å². The van der Waals surface area contributed by atoms with Gasteiger partial charge in [0.15, 0.2) is 5.82 Å². The van der Waals surface area contributed by atoms with E-state index in [1.807, 2.05) is 54.6 Å². The first-order valence-corrected chi connectivity index (χ1v) is 10.9. The minimum absolute atomic E-state index is 0.239. The number of thiazole rings is 1. The lowest BCUT2D eigenvalue weighted by Crippen LogP contribution is -2.23. The van der Waals surface area contributed by atoms with Crippen molar-refractivity contribution in [1.82, 2.24) is 14.6 Å². The van der Waals surface area contributed by atoms with E-state index >= 15 is 0 Å². The van der Waals surface area contributed by atoms with Gasteiger partial charge in [-0.05, 0) is 48.0 Å². The zero-order valence-electron chi connectivity index (χ0n) is 16.9. The Morgan fingerprint density at radius 3 is 2.62 bits per heavy atom. The van der Waals surface area contributed by atoms with Crippen molar-refractivity contribution in [2.45, 2.75) is 0 Å². The van der Waals surface area contributed by atoms with Crippen LogP contribution in [0.15, 0.2) is 69.9 Å². The summed E-state index contributed by atoms with van der Waals surface area (Å²) in [4.78, 5) is 17.7. The third-order valence-corrected chi connectivity index (χ3v) is 6.07. The number of hydrogen-bond acceptors (Lipinski definition) is 6. The highest BCUT2D eigenvalue weighted by molar-refractivity contribution is 7.15. The van der Waals surface area contributed by atoms with Gasteiger partial charge in [0.1, 0.15) is 21.8 Å². The SMILES string of the molecule is COc1ccc(/C=C/c2nc3s/c(=C\c4ccc(-c5ccccc5Cl)o4)c(=O)n3n2)cc1. The summed E-state index contributed by atoms with van der Waals surface area (Å²) in [5.74, 6) is 2.45. The number of rotatable bonds is 5. The van der Waals surface area contributed by atoms with Crippen LogP contribution in [0.3, 0.4) is 0 Å². The minimum atomic E-state index is -0.239. The molecule has 0 spiro atoms. The van der Waals surface area contributed by atoms with Crippen molar-refractivity contribution in [2.75, 3.05) is 7.11 Å². The molecule has 0 unspecified atom stereocenters. The number of halogens is 1. The molecule has 0 radical (unpaired) electrons. The molecule has 5 aromatic rings. The summed E-state index contributed by atoms with van der Waals surface area (Å²) in [6, 6.07) is 18.7. The van der Waals surface area contributed by atoms with Gasteiger partial charge in [0, 0.05) is 11.6 Å². The summed E-state index contributed by atoms with van der Waals surface area (Å²) >= 11 is 7.50. The quantitative estimate of drug-likeness (QED) is 0.376. The Bertz CT molecular complexity index is 1550. The van der Waals surface area contributed by atoms with E-state index in [1.54, 1.807) is 31.4 Å². The molecule has 8 heteroatoms. The van der Waals surface area contributed by atoms with Crippen LogP contribution in [0.4, 0.5) is 0 Å². The molecule has 0 atom stereocenters. The molecule has 3 heterocycles. The molecule has 3 aromatic heterocycles. The normalized spacial score (nSPS) is 12.2. The van der Waals surface area contributed by atoms with Gasteiger partial charge in [0.05, 0.1) is 12.1 Å². The third kappa shape index (κ3) is 3.95. The smallest absolute Gasteiger partial charge is 0.291 e. The van der Waals surface area contributed by atoms with E-state index in [-0.39, 0.29) is 5.56 Å². The zero-order chi connectivity index (χ0) is 22.1. The first-order valence-electron chi connectivity index (χ1n) is 9.69. The molecule has 0 saturated carbocycles. The summed E-state index contributed by atoms with van der Waals surface area (Å²) in [6.07, 6.45) is 5.35. The van der Waals surface area contributed by atoms with Gasteiger partial charge in [-0.3, -0.25) is 4.79 Å². The summed E-state index contributed by atoms with van der Waals surface area (Å²) in [5.41, 5.74) is 1.54. The Labute approximate surface area is 191 Å². The highest BCUT2D eigenvalue weighted by Gasteiger charge is 2.11. The number of ether oxygens (including phenoxy) is 1. The summed E-state index contributed by atoms with van der Waals surface area (Å²) < 4.78 is 12.8. The van der Waals surface area contributed by atoms with Crippen molar-refractivity contribution in [3.8, 4) is 17.1 Å². The highest BCUT2D eigenvalue weighted by atomic mass is 35.5. The Kier molecular flexibility index (Phi) is 5.34. The second-order valence-corrected chi connectivity index (χ2v) is 8.28. The van der Waals surface area contributed by atoms with Crippen LogP contribution in [0.1, 0.15) is 17.1 Å². The zero-order valence-corrected chi connectivity index (χ0v) is 18.4. The average Bonchev–Trinajstić information content (AvgIpc) is 3.50. The van der Waals surface area contributed by atoms with Crippen LogP contribution in [0.2, 0.25) is 5.02 Å². The number of benzene rings is 2. The van der Waals surface area contributed by atoms with Gasteiger partial charge >= 0.3 is 0 Å². The number of hydrogen-bond donors (Lipinski definition) is 0. The lowest BCUT2D eigenvalue weighted by Gasteiger charge is -1.98. The number of aromatic nitrogens is 3. The van der Waals surface area contributed by atoms with E-state index in [4.69, 9.17) is 20.8 Å². The maximum atomic E-state index is 12.8. The van der Waals surface area contributed by atoms with Crippen LogP contribution in [-0.4, -0.2) is 21.7 Å². The fraction of sp³-hybridized carbons (Fsp3) is 0.0417. The Morgan fingerprint density at radius 2 is 1.88 bits per heavy atom. The molecule has 0 fully saturated rings. The molecule has 0 aliphatic heterocycles. The van der Waals surface area contributed by atoms with E-state index in [2.05, 4.69) is 10.1 Å². The lowest BCUT2D eigenvalue weighted by molar-refractivity contribution is 0.415. The topological polar surface area (TPSA) is 69.6 Å². The number of furan rings is 1. The molecule has 0 N–H and O–H groups in total. The number of methoxy groups -OCH3 is 1. The lowest BCUT2D eigenvalue weighted by atomic mass is 10.2. The Balaban J connectivity index is 1.42. The molecule has 0 bridgehead atoms. The molecule has 5 rings (SSSR count). The molecule has 2 aromatic carbocycles. The first-order chi connectivity index (χ1) is 15.6. The van der Waals surface area contributed by atoms with Crippen LogP contribution >= 0.6 is 22.9 Å². The van der Waals surface area contributed by atoms with Crippen LogP contribution < -0.4 is 14.8 Å². The second-order valence-electron chi connectivity index (χ2n) is 6.87. The van der Waals surface area contributed by atoms with Crippen molar-refractivity contribution < 1.29 is 9.15 Å². The molecule has 6 nitrogen and oxygen atoms in total. The first kappa shape index (κ1) is 20.2. The number of fused-ring (bicyclic) bond motifs is 1. The van der Waals surface area contributed by atoms with E-state index in [9.17, 15) is 4.79 Å².